The van der Waals surface area contributed by atoms with Crippen LogP contribution in [0, 0.1) is 11.8 Å². The lowest BCUT2D eigenvalue weighted by atomic mass is 9.70. The van der Waals surface area contributed by atoms with Gasteiger partial charge in [-0.1, -0.05) is 20.8 Å². The summed E-state index contributed by atoms with van der Waals surface area (Å²) in [6.45, 7) is 8.68. The molecule has 2 aliphatic heterocycles. The van der Waals surface area contributed by atoms with Crippen LogP contribution < -0.4 is 9.47 Å². The summed E-state index contributed by atoms with van der Waals surface area (Å²) in [5.74, 6) is 2.55. The molecule has 0 aliphatic carbocycles. The smallest absolute Gasteiger partial charge is 0.161 e. The van der Waals surface area contributed by atoms with Crippen LogP contribution in [-0.2, 0) is 6.42 Å². The van der Waals surface area contributed by atoms with Gasteiger partial charge in [-0.15, -0.1) is 0 Å². The van der Waals surface area contributed by atoms with Gasteiger partial charge in [0.1, 0.15) is 0 Å². The van der Waals surface area contributed by atoms with Crippen LogP contribution in [0.3, 0.4) is 0 Å². The highest BCUT2D eigenvalue weighted by Crippen LogP contribution is 2.47. The monoisotopic (exact) mass is 347 g/mol. The van der Waals surface area contributed by atoms with E-state index in [9.17, 15) is 5.11 Å². The highest BCUT2D eigenvalue weighted by molar-refractivity contribution is 5.49. The van der Waals surface area contributed by atoms with Crippen molar-refractivity contribution in [1.29, 1.82) is 0 Å². The van der Waals surface area contributed by atoms with E-state index in [1.54, 1.807) is 14.2 Å². The first-order valence-electron chi connectivity index (χ1n) is 9.63. The van der Waals surface area contributed by atoms with Gasteiger partial charge in [0, 0.05) is 25.0 Å². The van der Waals surface area contributed by atoms with Crippen molar-refractivity contribution in [1.82, 2.24) is 4.90 Å². The fraction of sp³-hybridized carbons (Fsp3) is 0.714. The molecule has 0 bridgehead atoms. The Morgan fingerprint density at radius 2 is 1.92 bits per heavy atom. The molecule has 25 heavy (non-hydrogen) atoms. The molecule has 0 aromatic heterocycles. The summed E-state index contributed by atoms with van der Waals surface area (Å²) in [6, 6.07) is 4.53. The molecule has 0 unspecified atom stereocenters. The minimum absolute atomic E-state index is 0.275. The van der Waals surface area contributed by atoms with E-state index in [1.807, 2.05) is 0 Å². The van der Waals surface area contributed by atoms with Gasteiger partial charge in [0.25, 0.3) is 0 Å². The van der Waals surface area contributed by atoms with Gasteiger partial charge in [-0.05, 0) is 54.9 Å². The van der Waals surface area contributed by atoms with Gasteiger partial charge in [0.2, 0.25) is 0 Å². The molecule has 0 amide bonds. The van der Waals surface area contributed by atoms with Crippen molar-refractivity contribution in [2.24, 2.45) is 11.8 Å². The van der Waals surface area contributed by atoms with E-state index in [1.165, 1.54) is 11.1 Å². The molecule has 2 aliphatic rings. The largest absolute Gasteiger partial charge is 0.493 e. The molecule has 1 fully saturated rings. The maximum atomic E-state index is 11.4. The lowest BCUT2D eigenvalue weighted by Gasteiger charge is -2.51. The number of hydrogen-bond donors (Lipinski definition) is 1. The third-order valence-electron chi connectivity index (χ3n) is 6.24. The molecule has 0 spiro atoms. The summed E-state index contributed by atoms with van der Waals surface area (Å²) in [5, 5.41) is 11.4. The molecule has 1 saturated heterocycles. The number of nitrogens with zero attached hydrogens (tertiary/aromatic N) is 1. The Balaban J connectivity index is 1.95. The minimum atomic E-state index is -0.576. The van der Waals surface area contributed by atoms with E-state index in [0.29, 0.717) is 11.8 Å². The highest BCUT2D eigenvalue weighted by Gasteiger charge is 2.46. The average Bonchev–Trinajstić information content (AvgIpc) is 2.60. The third-order valence-corrected chi connectivity index (χ3v) is 6.24. The summed E-state index contributed by atoms with van der Waals surface area (Å²) in [4.78, 5) is 2.57. The van der Waals surface area contributed by atoms with Gasteiger partial charge >= 0.3 is 0 Å². The normalized spacial score (nSPS) is 29.2. The molecule has 1 N–H and O–H groups in total. The third kappa shape index (κ3) is 3.39. The molecule has 0 radical (unpaired) electrons. The first kappa shape index (κ1) is 18.5. The second-order valence-corrected chi connectivity index (χ2v) is 8.15. The summed E-state index contributed by atoms with van der Waals surface area (Å²) in [5.41, 5.74) is 2.06. The summed E-state index contributed by atoms with van der Waals surface area (Å²) in [6.07, 6.45) is 3.75. The second kappa shape index (κ2) is 7.16. The molecule has 140 valence electrons. The number of ether oxygens (including phenoxy) is 2. The maximum absolute atomic E-state index is 11.4. The Bertz CT molecular complexity index is 615. The molecular formula is C21H33NO3. The highest BCUT2D eigenvalue weighted by atomic mass is 16.5. The standard InChI is InChI=1S/C21H33NO3/c1-6-21(23)12-18-17-11-20(25-5)19(24-4)10-15(17)7-8-22(18)13-16(21)9-14(2)3/h10-11,14,16,18,23H,6-9,12-13H2,1-5H3/t16-,18-,21+/m1/s1. The zero-order valence-corrected chi connectivity index (χ0v) is 16.3. The second-order valence-electron chi connectivity index (χ2n) is 8.15. The predicted octanol–water partition coefficient (Wildman–Crippen LogP) is 3.81. The number of benzene rings is 1. The SMILES string of the molecule is CC[C@]1(O)C[C@@H]2c3cc(OC)c(OC)cc3CCN2C[C@H]1CC(C)C. The summed E-state index contributed by atoms with van der Waals surface area (Å²) < 4.78 is 11.0. The zero-order valence-electron chi connectivity index (χ0n) is 16.3. The summed E-state index contributed by atoms with van der Waals surface area (Å²) in [7, 11) is 3.37. The Morgan fingerprint density at radius 1 is 1.24 bits per heavy atom. The van der Waals surface area contributed by atoms with Crippen LogP contribution in [0.25, 0.3) is 0 Å². The van der Waals surface area contributed by atoms with Crippen LogP contribution >= 0.6 is 0 Å². The van der Waals surface area contributed by atoms with Crippen LogP contribution in [0.15, 0.2) is 12.1 Å². The lowest BCUT2D eigenvalue weighted by Crippen LogP contribution is -2.54. The first-order valence-corrected chi connectivity index (χ1v) is 9.63. The van der Waals surface area contributed by atoms with Crippen molar-refractivity contribution in [3.8, 4) is 11.5 Å². The van der Waals surface area contributed by atoms with Crippen LogP contribution in [-0.4, -0.2) is 42.9 Å². The van der Waals surface area contributed by atoms with E-state index in [0.717, 1.165) is 50.3 Å². The van der Waals surface area contributed by atoms with E-state index in [4.69, 9.17) is 9.47 Å². The van der Waals surface area contributed by atoms with Crippen molar-refractivity contribution >= 4 is 0 Å². The Hall–Kier alpha value is -1.26. The van der Waals surface area contributed by atoms with Crippen molar-refractivity contribution in [3.63, 3.8) is 0 Å². The van der Waals surface area contributed by atoms with Crippen LogP contribution in [0.1, 0.15) is 57.2 Å². The fourth-order valence-corrected chi connectivity index (χ4v) is 4.79. The molecule has 1 aromatic carbocycles. The number of hydrogen-bond acceptors (Lipinski definition) is 4. The predicted molar refractivity (Wildman–Crippen MR) is 100 cm³/mol. The van der Waals surface area contributed by atoms with Gasteiger partial charge in [-0.3, -0.25) is 4.90 Å². The fourth-order valence-electron chi connectivity index (χ4n) is 4.79. The van der Waals surface area contributed by atoms with Crippen molar-refractivity contribution in [2.45, 2.75) is 58.1 Å². The first-order chi connectivity index (χ1) is 11.9. The molecule has 3 atom stereocenters. The van der Waals surface area contributed by atoms with Gasteiger partial charge in [0.05, 0.1) is 19.8 Å². The molecule has 3 rings (SSSR count). The van der Waals surface area contributed by atoms with Crippen LogP contribution in [0.5, 0.6) is 11.5 Å². The van der Waals surface area contributed by atoms with Gasteiger partial charge in [0.15, 0.2) is 11.5 Å². The Labute approximate surface area is 152 Å². The Morgan fingerprint density at radius 3 is 2.52 bits per heavy atom. The number of rotatable bonds is 5. The molecule has 1 aromatic rings. The van der Waals surface area contributed by atoms with E-state index < -0.39 is 5.60 Å². The van der Waals surface area contributed by atoms with Gasteiger partial charge < -0.3 is 14.6 Å². The average molecular weight is 347 g/mol. The number of piperidine rings is 1. The van der Waals surface area contributed by atoms with E-state index in [-0.39, 0.29) is 6.04 Å². The zero-order chi connectivity index (χ0) is 18.2. The lowest BCUT2D eigenvalue weighted by molar-refractivity contribution is -0.105. The van der Waals surface area contributed by atoms with E-state index >= 15 is 0 Å². The topological polar surface area (TPSA) is 41.9 Å². The quantitative estimate of drug-likeness (QED) is 0.879. The molecule has 0 saturated carbocycles. The summed E-state index contributed by atoms with van der Waals surface area (Å²) >= 11 is 0. The van der Waals surface area contributed by atoms with Crippen molar-refractivity contribution in [2.75, 3.05) is 27.3 Å². The van der Waals surface area contributed by atoms with Gasteiger partial charge in [-0.25, -0.2) is 0 Å². The number of aliphatic hydroxyl groups is 1. The molecule has 4 heteroatoms. The maximum Gasteiger partial charge on any atom is 0.161 e. The minimum Gasteiger partial charge on any atom is -0.493 e. The molecular weight excluding hydrogens is 314 g/mol. The van der Waals surface area contributed by atoms with E-state index in [2.05, 4.69) is 37.8 Å². The van der Waals surface area contributed by atoms with Crippen LogP contribution in [0.2, 0.25) is 0 Å². The number of methoxy groups -OCH3 is 2. The van der Waals surface area contributed by atoms with Crippen molar-refractivity contribution < 1.29 is 14.6 Å². The van der Waals surface area contributed by atoms with Crippen molar-refractivity contribution in [3.05, 3.63) is 23.3 Å². The number of fused-ring (bicyclic) bond motifs is 3. The Kier molecular flexibility index (Phi) is 5.31. The molecule has 4 nitrogen and oxygen atoms in total. The molecule has 2 heterocycles. The van der Waals surface area contributed by atoms with Gasteiger partial charge in [-0.2, -0.15) is 0 Å². The van der Waals surface area contributed by atoms with Crippen LogP contribution in [0.4, 0.5) is 0 Å².